The van der Waals surface area contributed by atoms with E-state index >= 15 is 0 Å². The van der Waals surface area contributed by atoms with Crippen LogP contribution in [0.1, 0.15) is 86.0 Å². The highest BCUT2D eigenvalue weighted by atomic mass is 16.1. The highest BCUT2D eigenvalue weighted by Gasteiger charge is 2.22. The molecule has 0 heterocycles. The van der Waals surface area contributed by atoms with Crippen molar-refractivity contribution in [1.29, 1.82) is 0 Å². The molecule has 4 heteroatoms. The third kappa shape index (κ3) is 10.0. The van der Waals surface area contributed by atoms with Crippen molar-refractivity contribution in [1.82, 2.24) is 4.90 Å². The second-order valence-electron chi connectivity index (χ2n) is 8.01. The van der Waals surface area contributed by atoms with Gasteiger partial charge in [-0.25, -0.2) is 0 Å². The van der Waals surface area contributed by atoms with Crippen molar-refractivity contribution >= 4 is 11.6 Å². The number of likely N-dealkylation sites (N-methyl/N-ethyl adjacent to an activating group) is 1. The van der Waals surface area contributed by atoms with Gasteiger partial charge in [-0.2, -0.15) is 0 Å². The molecule has 0 aromatic rings. The van der Waals surface area contributed by atoms with Gasteiger partial charge in [0.2, 0.25) is 0 Å². The molecule has 0 fully saturated rings. The molecule has 156 valence electrons. The summed E-state index contributed by atoms with van der Waals surface area (Å²) in [6, 6.07) is 0.370. The fraction of sp³-hybridized carbons (Fsp3) is 0.739. The van der Waals surface area contributed by atoms with E-state index in [0.717, 1.165) is 60.9 Å². The monoisotopic (exact) mass is 378 g/mol. The van der Waals surface area contributed by atoms with Gasteiger partial charge in [0.05, 0.1) is 0 Å². The van der Waals surface area contributed by atoms with Crippen molar-refractivity contribution in [2.75, 3.05) is 20.6 Å². The largest absolute Gasteiger partial charge is 0.327 e. The summed E-state index contributed by atoms with van der Waals surface area (Å²) in [5.74, 6) is 0.300. The minimum Gasteiger partial charge on any atom is -0.327 e. The van der Waals surface area contributed by atoms with Gasteiger partial charge in [-0.3, -0.25) is 9.59 Å². The van der Waals surface area contributed by atoms with E-state index in [9.17, 15) is 9.59 Å². The van der Waals surface area contributed by atoms with Gasteiger partial charge in [-0.15, -0.1) is 0 Å². The molecule has 1 rings (SSSR count). The molecule has 4 nitrogen and oxygen atoms in total. The average Bonchev–Trinajstić information content (AvgIpc) is 2.57. The Kier molecular flexibility index (Phi) is 13.2. The Morgan fingerprint density at radius 2 is 1.78 bits per heavy atom. The van der Waals surface area contributed by atoms with Crippen molar-refractivity contribution in [2.45, 2.75) is 92.0 Å². The summed E-state index contributed by atoms with van der Waals surface area (Å²) in [4.78, 5) is 25.7. The van der Waals surface area contributed by atoms with Gasteiger partial charge in [0, 0.05) is 24.6 Å². The zero-order valence-corrected chi connectivity index (χ0v) is 18.8. The van der Waals surface area contributed by atoms with Crippen LogP contribution in [-0.2, 0) is 9.59 Å². The fourth-order valence-corrected chi connectivity index (χ4v) is 3.58. The number of nitrogens with two attached hydrogens (primary N) is 1. The number of hydrogen-bond donors (Lipinski definition) is 1. The molecule has 0 aromatic heterocycles. The molecule has 27 heavy (non-hydrogen) atoms. The molecule has 0 saturated heterocycles. The zero-order valence-electron chi connectivity index (χ0n) is 18.8. The van der Waals surface area contributed by atoms with Crippen LogP contribution in [0.2, 0.25) is 0 Å². The Morgan fingerprint density at radius 1 is 1.15 bits per heavy atom. The fourth-order valence-electron chi connectivity index (χ4n) is 3.58. The minimum atomic E-state index is 0.0972. The predicted octanol–water partition coefficient (Wildman–Crippen LogP) is 4.83. The maximum Gasteiger partial charge on any atom is 0.160 e. The maximum atomic E-state index is 11.8. The lowest BCUT2D eigenvalue weighted by Crippen LogP contribution is -2.32. The zero-order chi connectivity index (χ0) is 21.0. The molecule has 1 aliphatic rings. The number of carbonyl (C=O) groups excluding carboxylic acids is 2. The molecular weight excluding hydrogens is 336 g/mol. The summed E-state index contributed by atoms with van der Waals surface area (Å²) in [5, 5.41) is 0. The first kappa shape index (κ1) is 25.7. The second kappa shape index (κ2) is 13.8. The molecule has 0 spiro atoms. The van der Waals surface area contributed by atoms with Gasteiger partial charge in [-0.1, -0.05) is 38.7 Å². The smallest absolute Gasteiger partial charge is 0.160 e. The lowest BCUT2D eigenvalue weighted by atomic mass is 9.83. The second-order valence-corrected chi connectivity index (χ2v) is 8.01. The van der Waals surface area contributed by atoms with E-state index in [1.165, 1.54) is 12.8 Å². The average molecular weight is 379 g/mol. The van der Waals surface area contributed by atoms with Crippen molar-refractivity contribution in [2.24, 2.45) is 5.73 Å². The molecule has 1 unspecified atom stereocenters. The van der Waals surface area contributed by atoms with Crippen molar-refractivity contribution < 1.29 is 9.59 Å². The first-order valence-electron chi connectivity index (χ1n) is 10.5. The van der Waals surface area contributed by atoms with Gasteiger partial charge < -0.3 is 10.6 Å². The Hall–Kier alpha value is -1.26. The van der Waals surface area contributed by atoms with Crippen LogP contribution in [0.4, 0.5) is 0 Å². The summed E-state index contributed by atoms with van der Waals surface area (Å²) >= 11 is 0. The Morgan fingerprint density at radius 3 is 2.26 bits per heavy atom. The predicted molar refractivity (Wildman–Crippen MR) is 116 cm³/mol. The SMILES string of the molecule is CCC/C(C)=C(/C(C)=O)C1=C(C)C(=O)CCC1.CCCCC(N)CN(C)C. The number of allylic oxidation sites excluding steroid dienone is 4. The van der Waals surface area contributed by atoms with Gasteiger partial charge in [0.25, 0.3) is 0 Å². The third-order valence-corrected chi connectivity index (χ3v) is 4.94. The quantitative estimate of drug-likeness (QED) is 0.584. The molecular formula is C23H42N2O2. The van der Waals surface area contributed by atoms with E-state index < -0.39 is 0 Å². The summed E-state index contributed by atoms with van der Waals surface area (Å²) in [6.45, 7) is 10.8. The van der Waals surface area contributed by atoms with Crippen LogP contribution in [-0.4, -0.2) is 43.1 Å². The highest BCUT2D eigenvalue weighted by molar-refractivity contribution is 6.04. The van der Waals surface area contributed by atoms with E-state index in [1.807, 2.05) is 13.8 Å². The van der Waals surface area contributed by atoms with E-state index in [2.05, 4.69) is 32.8 Å². The summed E-state index contributed by atoms with van der Waals surface area (Å²) < 4.78 is 0. The summed E-state index contributed by atoms with van der Waals surface area (Å²) in [6.07, 6.45) is 8.01. The molecule has 2 N–H and O–H groups in total. The molecule has 0 bridgehead atoms. The molecule has 0 aromatic carbocycles. The number of nitrogens with zero attached hydrogens (tertiary/aromatic N) is 1. The van der Waals surface area contributed by atoms with Crippen LogP contribution in [0.3, 0.4) is 0 Å². The lowest BCUT2D eigenvalue weighted by molar-refractivity contribution is -0.116. The van der Waals surface area contributed by atoms with E-state index in [4.69, 9.17) is 5.73 Å². The van der Waals surface area contributed by atoms with E-state index in [1.54, 1.807) is 6.92 Å². The molecule has 0 saturated carbocycles. The Balaban J connectivity index is 0.000000580. The van der Waals surface area contributed by atoms with Crippen LogP contribution >= 0.6 is 0 Å². The van der Waals surface area contributed by atoms with Crippen LogP contribution in [0.5, 0.6) is 0 Å². The Bertz CT molecular complexity index is 545. The molecule has 1 atom stereocenters. The van der Waals surface area contributed by atoms with E-state index in [0.29, 0.717) is 12.5 Å². The lowest BCUT2D eigenvalue weighted by Gasteiger charge is -2.20. The Labute approximate surface area is 167 Å². The van der Waals surface area contributed by atoms with Crippen molar-refractivity contribution in [3.8, 4) is 0 Å². The number of Topliss-reactive ketones (excluding diaryl/α,β-unsaturated/α-hetero) is 2. The first-order chi connectivity index (χ1) is 12.6. The summed E-state index contributed by atoms with van der Waals surface area (Å²) in [5.41, 5.74) is 9.57. The number of hydrogen-bond acceptors (Lipinski definition) is 4. The van der Waals surface area contributed by atoms with Gasteiger partial charge in [0.15, 0.2) is 11.6 Å². The molecule has 0 amide bonds. The number of ketones is 2. The van der Waals surface area contributed by atoms with Crippen LogP contribution in [0, 0.1) is 0 Å². The molecule has 1 aliphatic carbocycles. The van der Waals surface area contributed by atoms with Crippen LogP contribution < -0.4 is 5.73 Å². The number of carbonyl (C=O) groups is 2. The minimum absolute atomic E-state index is 0.0972. The normalized spacial score (nSPS) is 16.7. The summed E-state index contributed by atoms with van der Waals surface area (Å²) in [7, 11) is 4.12. The van der Waals surface area contributed by atoms with Gasteiger partial charge in [-0.05, 0) is 71.7 Å². The molecule has 0 radical (unpaired) electrons. The number of unbranched alkanes of at least 4 members (excludes halogenated alkanes) is 1. The standard InChI is InChI=1S/C15H22O2.C8H20N2/c1-5-7-10(2)15(12(4)16)13-8-6-9-14(17)11(13)3;1-4-5-6-8(9)7-10(2)3/h5-9H2,1-4H3;8H,4-7,9H2,1-3H3/b15-10-;. The van der Waals surface area contributed by atoms with Crippen LogP contribution in [0.15, 0.2) is 22.3 Å². The maximum absolute atomic E-state index is 11.8. The highest BCUT2D eigenvalue weighted by Crippen LogP contribution is 2.31. The number of rotatable bonds is 9. The van der Waals surface area contributed by atoms with Crippen LogP contribution in [0.25, 0.3) is 0 Å². The van der Waals surface area contributed by atoms with Gasteiger partial charge >= 0.3 is 0 Å². The molecule has 0 aliphatic heterocycles. The first-order valence-corrected chi connectivity index (χ1v) is 10.5. The topological polar surface area (TPSA) is 63.4 Å². The van der Waals surface area contributed by atoms with Gasteiger partial charge in [0.1, 0.15) is 0 Å². The van der Waals surface area contributed by atoms with E-state index in [-0.39, 0.29) is 11.6 Å². The van der Waals surface area contributed by atoms with Crippen molar-refractivity contribution in [3.05, 3.63) is 22.3 Å². The third-order valence-electron chi connectivity index (χ3n) is 4.94. The van der Waals surface area contributed by atoms with Crippen molar-refractivity contribution in [3.63, 3.8) is 0 Å².